The highest BCUT2D eigenvalue weighted by molar-refractivity contribution is 5.86. The zero-order valence-electron chi connectivity index (χ0n) is 16.3. The third-order valence-electron chi connectivity index (χ3n) is 5.18. The van der Waals surface area contributed by atoms with Gasteiger partial charge in [-0.05, 0) is 12.5 Å². The zero-order chi connectivity index (χ0) is 21.2. The van der Waals surface area contributed by atoms with Crippen LogP contribution in [0.3, 0.4) is 0 Å². The number of esters is 1. The molecule has 0 spiro atoms. The number of non-ortho nitro benzene ring substituents is 1. The molecule has 0 aliphatic heterocycles. The van der Waals surface area contributed by atoms with E-state index >= 15 is 0 Å². The van der Waals surface area contributed by atoms with Crippen LogP contribution in [0.1, 0.15) is 18.4 Å². The third kappa shape index (κ3) is 2.44. The van der Waals surface area contributed by atoms with Crippen LogP contribution in [0.2, 0.25) is 0 Å². The highest BCUT2D eigenvalue weighted by atomic mass is 16.8. The van der Waals surface area contributed by atoms with Gasteiger partial charge in [0.15, 0.2) is 0 Å². The molecule has 152 valence electrons. The molecule has 28 heavy (non-hydrogen) atoms. The molecule has 0 aromatic heterocycles. The summed E-state index contributed by atoms with van der Waals surface area (Å²) in [5.74, 6) is -5.58. The van der Waals surface area contributed by atoms with E-state index in [9.17, 15) is 20.2 Å². The smallest absolute Gasteiger partial charge is 0.333 e. The number of nitro benzene ring substituents is 1. The van der Waals surface area contributed by atoms with Gasteiger partial charge in [0.1, 0.15) is 0 Å². The number of carbonyl (C=O) groups excluding carboxylic acids is 1. The van der Waals surface area contributed by atoms with Crippen LogP contribution < -0.4 is 0 Å². The number of methoxy groups -OCH3 is 4. The maximum atomic E-state index is 13.0. The van der Waals surface area contributed by atoms with Crippen molar-refractivity contribution in [1.82, 2.24) is 0 Å². The van der Waals surface area contributed by atoms with E-state index in [-0.39, 0.29) is 12.3 Å². The van der Waals surface area contributed by atoms with E-state index in [4.69, 9.17) is 23.7 Å². The van der Waals surface area contributed by atoms with Crippen LogP contribution in [0, 0.1) is 26.9 Å². The van der Waals surface area contributed by atoms with Crippen molar-refractivity contribution < 1.29 is 33.4 Å². The van der Waals surface area contributed by atoms with E-state index in [1.807, 2.05) is 6.07 Å². The summed E-state index contributed by atoms with van der Waals surface area (Å²) in [6.45, 7) is 1.62. The van der Waals surface area contributed by atoms with Gasteiger partial charge in [-0.2, -0.15) is 5.26 Å². The Morgan fingerprint density at radius 1 is 1.14 bits per heavy atom. The number of benzene rings is 1. The summed E-state index contributed by atoms with van der Waals surface area (Å²) in [5.41, 5.74) is -1.75. The Bertz CT molecular complexity index is 780. The van der Waals surface area contributed by atoms with Gasteiger partial charge in [-0.1, -0.05) is 12.1 Å². The molecular weight excluding hydrogens is 372 g/mol. The van der Waals surface area contributed by atoms with Crippen molar-refractivity contribution in [1.29, 1.82) is 5.26 Å². The number of hydrogen-bond acceptors (Lipinski definition) is 9. The van der Waals surface area contributed by atoms with Crippen LogP contribution in [0.25, 0.3) is 0 Å². The number of nitriles is 1. The van der Waals surface area contributed by atoms with Crippen LogP contribution in [-0.2, 0) is 28.5 Å². The average molecular weight is 394 g/mol. The van der Waals surface area contributed by atoms with Gasteiger partial charge in [0.05, 0.1) is 23.5 Å². The topological polar surface area (TPSA) is 130 Å². The van der Waals surface area contributed by atoms with Gasteiger partial charge in [0.25, 0.3) is 11.5 Å². The Morgan fingerprint density at radius 2 is 1.68 bits per heavy atom. The minimum Gasteiger partial charge on any atom is -0.465 e. The molecule has 0 radical (unpaired) electrons. The monoisotopic (exact) mass is 394 g/mol. The van der Waals surface area contributed by atoms with Crippen molar-refractivity contribution in [3.05, 3.63) is 39.9 Å². The SMILES string of the molecule is CCOC(=O)[C@@]1(C#N)[C@@H](c2ccc([N+](=O)[O-])cc2)C(OC)(OC)C1(OC)OC. The second-order valence-electron chi connectivity index (χ2n) is 6.02. The maximum absolute atomic E-state index is 13.0. The summed E-state index contributed by atoms with van der Waals surface area (Å²) in [6.07, 6.45) is 0. The van der Waals surface area contributed by atoms with Gasteiger partial charge < -0.3 is 23.7 Å². The third-order valence-corrected chi connectivity index (χ3v) is 5.18. The van der Waals surface area contributed by atoms with E-state index in [0.717, 1.165) is 0 Å². The average Bonchev–Trinajstić information content (AvgIpc) is 2.70. The van der Waals surface area contributed by atoms with Crippen molar-refractivity contribution in [3.63, 3.8) is 0 Å². The molecule has 0 saturated heterocycles. The number of nitrogens with zero attached hydrogens (tertiary/aromatic N) is 2. The first-order valence-corrected chi connectivity index (χ1v) is 8.35. The van der Waals surface area contributed by atoms with E-state index in [0.29, 0.717) is 5.56 Å². The first kappa shape index (κ1) is 21.7. The van der Waals surface area contributed by atoms with Crippen molar-refractivity contribution in [3.8, 4) is 6.07 Å². The molecule has 0 bridgehead atoms. The minimum atomic E-state index is -1.99. The fourth-order valence-corrected chi connectivity index (χ4v) is 4.08. The van der Waals surface area contributed by atoms with Crippen LogP contribution in [0.5, 0.6) is 0 Å². The molecule has 2 rings (SSSR count). The van der Waals surface area contributed by atoms with E-state index in [1.54, 1.807) is 6.92 Å². The van der Waals surface area contributed by atoms with Crippen LogP contribution >= 0.6 is 0 Å². The van der Waals surface area contributed by atoms with E-state index < -0.39 is 33.8 Å². The predicted molar refractivity (Wildman–Crippen MR) is 94.0 cm³/mol. The summed E-state index contributed by atoms with van der Waals surface area (Å²) in [4.78, 5) is 23.4. The molecule has 1 saturated carbocycles. The molecule has 0 heterocycles. The van der Waals surface area contributed by atoms with Gasteiger partial charge in [0.2, 0.25) is 11.2 Å². The summed E-state index contributed by atoms with van der Waals surface area (Å²) in [5, 5.41) is 21.1. The first-order valence-electron chi connectivity index (χ1n) is 8.35. The van der Waals surface area contributed by atoms with Gasteiger partial charge >= 0.3 is 5.97 Å². The lowest BCUT2D eigenvalue weighted by Crippen LogP contribution is -2.85. The molecule has 10 heteroatoms. The predicted octanol–water partition coefficient (Wildman–Crippen LogP) is 1.74. The summed E-state index contributed by atoms with van der Waals surface area (Å²) >= 11 is 0. The molecule has 0 unspecified atom stereocenters. The molecule has 1 aliphatic carbocycles. The van der Waals surface area contributed by atoms with Gasteiger partial charge in [-0.15, -0.1) is 0 Å². The van der Waals surface area contributed by atoms with Crippen molar-refractivity contribution in [2.24, 2.45) is 5.41 Å². The Hall–Kier alpha value is -2.58. The second kappa shape index (κ2) is 7.81. The number of carbonyl (C=O) groups is 1. The van der Waals surface area contributed by atoms with Gasteiger partial charge in [-0.3, -0.25) is 14.9 Å². The van der Waals surface area contributed by atoms with Crippen LogP contribution in [0.15, 0.2) is 24.3 Å². The summed E-state index contributed by atoms with van der Waals surface area (Å²) < 4.78 is 27.3. The number of rotatable bonds is 8. The van der Waals surface area contributed by atoms with Gasteiger partial charge in [0, 0.05) is 40.6 Å². The molecule has 1 aromatic rings. The molecule has 0 amide bonds. The number of ether oxygens (including phenoxy) is 5. The molecule has 2 atom stereocenters. The molecule has 1 aromatic carbocycles. The molecule has 1 fully saturated rings. The lowest BCUT2D eigenvalue weighted by atomic mass is 9.49. The number of nitro groups is 1. The maximum Gasteiger partial charge on any atom is 0.333 e. The quantitative estimate of drug-likeness (QED) is 0.280. The molecule has 10 nitrogen and oxygen atoms in total. The Morgan fingerprint density at radius 3 is 2.04 bits per heavy atom. The molecule has 1 aliphatic rings. The number of hydrogen-bond donors (Lipinski definition) is 0. The van der Waals surface area contributed by atoms with Crippen LogP contribution in [-0.4, -0.2) is 57.5 Å². The first-order chi connectivity index (χ1) is 13.3. The van der Waals surface area contributed by atoms with Crippen molar-refractivity contribution in [2.75, 3.05) is 35.0 Å². The van der Waals surface area contributed by atoms with Gasteiger partial charge in [-0.25, -0.2) is 0 Å². The largest absolute Gasteiger partial charge is 0.465 e. The zero-order valence-corrected chi connectivity index (χ0v) is 16.3. The lowest BCUT2D eigenvalue weighted by Gasteiger charge is -2.66. The molecule has 0 N–H and O–H groups in total. The summed E-state index contributed by atoms with van der Waals surface area (Å²) in [6, 6.07) is 7.36. The van der Waals surface area contributed by atoms with Crippen LogP contribution in [0.4, 0.5) is 5.69 Å². The highest BCUT2D eigenvalue weighted by Gasteiger charge is 2.89. The minimum absolute atomic E-state index is 0.0196. The Labute approximate surface area is 162 Å². The lowest BCUT2D eigenvalue weighted by molar-refractivity contribution is -0.483. The summed E-state index contributed by atoms with van der Waals surface area (Å²) in [7, 11) is 5.16. The van der Waals surface area contributed by atoms with E-state index in [1.165, 1.54) is 52.7 Å². The fourth-order valence-electron chi connectivity index (χ4n) is 4.08. The highest BCUT2D eigenvalue weighted by Crippen LogP contribution is 2.69. The van der Waals surface area contributed by atoms with Crippen molar-refractivity contribution in [2.45, 2.75) is 24.4 Å². The Balaban J connectivity index is 2.78. The van der Waals surface area contributed by atoms with Crippen molar-refractivity contribution >= 4 is 11.7 Å². The standard InChI is InChI=1S/C18H22N2O8/c1-6-28-15(21)16(11-19)14(12-7-9-13(10-8-12)20(22)23)17(24-2,25-3)18(16,26-4)27-5/h7-10,14H,6H2,1-5H3/t14-,16-/m1/s1. The Kier molecular flexibility index (Phi) is 6.06. The second-order valence-corrected chi connectivity index (χ2v) is 6.02. The van der Waals surface area contributed by atoms with E-state index in [2.05, 4.69) is 0 Å². The fraction of sp³-hybridized carbons (Fsp3) is 0.556. The molecular formula is C18H22N2O8. The normalized spacial score (nSPS) is 24.6.